The number of nitrogens with zero attached hydrogens (tertiary/aromatic N) is 2. The van der Waals surface area contributed by atoms with Crippen LogP contribution < -0.4 is 30.7 Å². The topological polar surface area (TPSA) is 119 Å². The Morgan fingerprint density at radius 1 is 1.00 bits per heavy atom. The lowest BCUT2D eigenvalue weighted by molar-refractivity contribution is -0.170. The van der Waals surface area contributed by atoms with Crippen molar-refractivity contribution in [3.63, 3.8) is 0 Å². The third-order valence-corrected chi connectivity index (χ3v) is 6.87. The molecule has 9 nitrogen and oxygen atoms in total. The molecule has 0 spiro atoms. The molecule has 0 radical (unpaired) electrons. The average Bonchev–Trinajstić information content (AvgIpc) is 3.00. The number of para-hydroxylation sites is 1. The van der Waals surface area contributed by atoms with Crippen molar-refractivity contribution in [3.05, 3.63) is 84.1 Å². The lowest BCUT2D eigenvalue weighted by Crippen LogP contribution is -2.42. The van der Waals surface area contributed by atoms with Crippen LogP contribution >= 0.6 is 0 Å². The highest BCUT2D eigenvalue weighted by Gasteiger charge is 2.43. The van der Waals surface area contributed by atoms with E-state index in [0.29, 0.717) is 45.6 Å². The lowest BCUT2D eigenvalue weighted by Gasteiger charge is -2.26. The van der Waals surface area contributed by atoms with Crippen molar-refractivity contribution >= 4 is 39.8 Å². The van der Waals surface area contributed by atoms with Crippen LogP contribution in [0, 0.1) is 0 Å². The van der Waals surface area contributed by atoms with E-state index < -0.39 is 24.0 Å². The number of benzene rings is 3. The van der Waals surface area contributed by atoms with Crippen molar-refractivity contribution in [1.82, 2.24) is 10.3 Å². The van der Waals surface area contributed by atoms with Gasteiger partial charge in [-0.05, 0) is 86.7 Å². The fraction of sp³-hybridized carbons (Fsp3) is 0.303. The zero-order valence-corrected chi connectivity index (χ0v) is 25.4. The second-order valence-electron chi connectivity index (χ2n) is 10.4. The van der Waals surface area contributed by atoms with Crippen LogP contribution in [0.25, 0.3) is 10.8 Å². The Morgan fingerprint density at radius 3 is 2.44 bits per heavy atom. The molecule has 0 aliphatic carbocycles. The minimum atomic E-state index is -5.05. The molecule has 4 aromatic rings. The summed E-state index contributed by atoms with van der Waals surface area (Å²) in [6.07, 6.45) is -3.57. The van der Waals surface area contributed by atoms with Gasteiger partial charge >= 0.3 is 12.1 Å². The second kappa shape index (κ2) is 14.2. The summed E-state index contributed by atoms with van der Waals surface area (Å²) in [5.41, 5.74) is 7.58. The number of aromatic nitrogens is 1. The highest BCUT2D eigenvalue weighted by molar-refractivity contribution is 5.98. The Balaban J connectivity index is 1.68. The van der Waals surface area contributed by atoms with Gasteiger partial charge in [0.05, 0.1) is 12.7 Å². The number of nitrogens with two attached hydrogens (primary N) is 1. The molecule has 1 aromatic heterocycles. The van der Waals surface area contributed by atoms with E-state index in [-0.39, 0.29) is 24.9 Å². The Labute approximate surface area is 259 Å². The molecule has 1 unspecified atom stereocenters. The Bertz CT molecular complexity index is 1660. The molecule has 238 valence electrons. The molecule has 0 fully saturated rings. The number of carbonyl (C=O) groups is 2. The van der Waals surface area contributed by atoms with Crippen molar-refractivity contribution in [1.29, 1.82) is 0 Å². The van der Waals surface area contributed by atoms with Crippen LogP contribution in [0.5, 0.6) is 11.5 Å². The summed E-state index contributed by atoms with van der Waals surface area (Å²) in [6.45, 7) is 7.09. The summed E-state index contributed by atoms with van der Waals surface area (Å²) in [6, 6.07) is 17.6. The summed E-state index contributed by atoms with van der Waals surface area (Å²) in [7, 11) is 0. The van der Waals surface area contributed by atoms with Crippen LogP contribution in [-0.2, 0) is 16.1 Å². The van der Waals surface area contributed by atoms with Crippen LogP contribution in [0.3, 0.4) is 0 Å². The first-order valence-corrected chi connectivity index (χ1v) is 14.5. The van der Waals surface area contributed by atoms with E-state index in [1.165, 1.54) is 19.1 Å². The summed E-state index contributed by atoms with van der Waals surface area (Å²) in [5, 5.41) is 7.68. The summed E-state index contributed by atoms with van der Waals surface area (Å²) >= 11 is 0. The van der Waals surface area contributed by atoms with Crippen LogP contribution in [0.1, 0.15) is 44.9 Å². The third kappa shape index (κ3) is 7.94. The van der Waals surface area contributed by atoms with E-state index in [4.69, 9.17) is 15.2 Å². The Morgan fingerprint density at radius 2 is 1.76 bits per heavy atom. The quantitative estimate of drug-likeness (QED) is 0.167. The summed E-state index contributed by atoms with van der Waals surface area (Å²) < 4.78 is 51.7. The van der Waals surface area contributed by atoms with Gasteiger partial charge in [0.2, 0.25) is 5.91 Å². The number of halogens is 3. The van der Waals surface area contributed by atoms with Crippen LogP contribution in [0.4, 0.5) is 30.4 Å². The molecule has 1 atom stereocenters. The number of hydrogen-bond donors (Lipinski definition) is 3. The molecule has 0 aliphatic heterocycles. The maximum absolute atomic E-state index is 13.9. The van der Waals surface area contributed by atoms with Crippen LogP contribution in [0.15, 0.2) is 72.9 Å². The number of ether oxygens (including phenoxy) is 2. The van der Waals surface area contributed by atoms with Crippen molar-refractivity contribution in [2.45, 2.75) is 52.6 Å². The smallest absolute Gasteiger partial charge is 0.471 e. The number of carbonyl (C=O) groups excluding carboxylic acids is 2. The lowest BCUT2D eigenvalue weighted by atomic mass is 10.0. The number of rotatable bonds is 12. The van der Waals surface area contributed by atoms with Crippen molar-refractivity contribution in [2.75, 3.05) is 29.1 Å². The molecule has 0 bridgehead atoms. The maximum atomic E-state index is 13.9. The molecule has 2 amide bonds. The fourth-order valence-corrected chi connectivity index (χ4v) is 4.87. The van der Waals surface area contributed by atoms with Crippen LogP contribution in [-0.4, -0.2) is 42.2 Å². The van der Waals surface area contributed by atoms with E-state index in [1.807, 2.05) is 26.8 Å². The van der Waals surface area contributed by atoms with Crippen molar-refractivity contribution in [2.24, 2.45) is 0 Å². The van der Waals surface area contributed by atoms with Gasteiger partial charge < -0.3 is 30.7 Å². The van der Waals surface area contributed by atoms with Gasteiger partial charge in [-0.15, -0.1) is 0 Å². The number of pyridine rings is 1. The van der Waals surface area contributed by atoms with Gasteiger partial charge in [-0.25, -0.2) is 4.98 Å². The molecule has 0 saturated carbocycles. The first-order valence-electron chi connectivity index (χ1n) is 14.5. The largest absolute Gasteiger partial charge is 0.490 e. The number of nitrogen functional groups attached to an aromatic ring is 1. The maximum Gasteiger partial charge on any atom is 0.471 e. The SMILES string of the molecule is CCOc1cc(C(Nc2ccc3c(N)nccc3c2)C(=O)NCc2ccccc2N(CC)C(=O)C(F)(F)F)ccc1OC(C)C. The first-order chi connectivity index (χ1) is 21.4. The molecular weight excluding hydrogens is 587 g/mol. The number of nitrogens with one attached hydrogen (secondary N) is 2. The number of hydrogen-bond acceptors (Lipinski definition) is 7. The molecular formula is C33H36F3N5O4. The van der Waals surface area contributed by atoms with E-state index >= 15 is 0 Å². The van der Waals surface area contributed by atoms with Gasteiger partial charge in [-0.1, -0.05) is 24.3 Å². The standard InChI is InChI=1S/C33H36F3N5O4/c1-5-41(32(43)33(34,35)36)26-10-8-7-9-23(26)19-39-31(42)29(22-11-14-27(45-20(3)4)28(18-22)44-6-2)40-24-12-13-25-21(17-24)15-16-38-30(25)37/h7-18,20,29,40H,5-6,19H2,1-4H3,(H2,37,38)(H,39,42). The van der Waals surface area contributed by atoms with E-state index in [1.54, 1.807) is 54.7 Å². The highest BCUT2D eigenvalue weighted by Crippen LogP contribution is 2.34. The second-order valence-corrected chi connectivity index (χ2v) is 10.4. The number of alkyl halides is 3. The predicted octanol–water partition coefficient (Wildman–Crippen LogP) is 6.39. The molecule has 12 heteroatoms. The summed E-state index contributed by atoms with van der Waals surface area (Å²) in [5.74, 6) is -1.10. The third-order valence-electron chi connectivity index (χ3n) is 6.87. The number of fused-ring (bicyclic) bond motifs is 1. The van der Waals surface area contributed by atoms with Crippen molar-refractivity contribution in [3.8, 4) is 11.5 Å². The average molecular weight is 624 g/mol. The molecule has 3 aromatic carbocycles. The highest BCUT2D eigenvalue weighted by atomic mass is 19.4. The minimum absolute atomic E-state index is 0.0571. The van der Waals surface area contributed by atoms with Gasteiger partial charge in [0.1, 0.15) is 11.9 Å². The molecule has 0 aliphatic rings. The summed E-state index contributed by atoms with van der Waals surface area (Å²) in [4.78, 5) is 30.8. The Hall–Kier alpha value is -5.00. The zero-order valence-electron chi connectivity index (χ0n) is 25.4. The van der Waals surface area contributed by atoms with Gasteiger partial charge in [-0.2, -0.15) is 13.2 Å². The van der Waals surface area contributed by atoms with E-state index in [9.17, 15) is 22.8 Å². The van der Waals surface area contributed by atoms with Gasteiger partial charge in [-0.3, -0.25) is 9.59 Å². The number of amides is 2. The fourth-order valence-electron chi connectivity index (χ4n) is 4.87. The van der Waals surface area contributed by atoms with Gasteiger partial charge in [0.15, 0.2) is 11.5 Å². The van der Waals surface area contributed by atoms with Crippen molar-refractivity contribution < 1.29 is 32.2 Å². The first kappa shape index (κ1) is 32.9. The molecule has 4 N–H and O–H groups in total. The Kier molecular flexibility index (Phi) is 10.4. The minimum Gasteiger partial charge on any atom is -0.490 e. The normalized spacial score (nSPS) is 12.1. The zero-order chi connectivity index (χ0) is 32.7. The van der Waals surface area contributed by atoms with Crippen LogP contribution in [0.2, 0.25) is 0 Å². The molecule has 0 saturated heterocycles. The van der Waals surface area contributed by atoms with E-state index in [0.717, 1.165) is 10.8 Å². The molecule has 4 rings (SSSR count). The predicted molar refractivity (Wildman–Crippen MR) is 168 cm³/mol. The van der Waals surface area contributed by atoms with E-state index in [2.05, 4.69) is 15.6 Å². The monoisotopic (exact) mass is 623 g/mol. The number of anilines is 3. The molecule has 45 heavy (non-hydrogen) atoms. The molecule has 1 heterocycles. The van der Waals surface area contributed by atoms with Gasteiger partial charge in [0.25, 0.3) is 0 Å². The van der Waals surface area contributed by atoms with Gasteiger partial charge in [0, 0.05) is 36.0 Å².